The smallest absolute Gasteiger partial charge is 0.416 e. The van der Waals surface area contributed by atoms with E-state index < -0.39 is 11.7 Å². The van der Waals surface area contributed by atoms with Gasteiger partial charge >= 0.3 is 6.18 Å². The molecule has 0 saturated carbocycles. The Morgan fingerprint density at radius 2 is 0.964 bits per heavy atom. The number of anilines is 3. The normalized spacial score (nSPS) is 11.9. The van der Waals surface area contributed by atoms with Gasteiger partial charge in [0.1, 0.15) is 11.0 Å². The molecule has 0 bridgehead atoms. The summed E-state index contributed by atoms with van der Waals surface area (Å²) in [6, 6.07) is 52.9. The molecule has 10 rings (SSSR count). The minimum absolute atomic E-state index is 0.531. The van der Waals surface area contributed by atoms with E-state index in [4.69, 9.17) is 18.8 Å². The number of hydrogen-bond donors (Lipinski definition) is 0. The first-order valence-electron chi connectivity index (χ1n) is 17.7. The summed E-state index contributed by atoms with van der Waals surface area (Å²) in [6.45, 7) is 0. The summed E-state index contributed by atoms with van der Waals surface area (Å²) in [4.78, 5) is 11.6. The van der Waals surface area contributed by atoms with E-state index in [1.54, 1.807) is 12.1 Å². The molecular formula is C47H28F3N3O2. The molecule has 0 spiro atoms. The highest BCUT2D eigenvalue weighted by Gasteiger charge is 2.31. The molecule has 0 aliphatic carbocycles. The molecule has 10 aromatic rings. The van der Waals surface area contributed by atoms with Crippen molar-refractivity contribution in [2.45, 2.75) is 6.18 Å². The number of aromatic nitrogens is 2. The van der Waals surface area contributed by atoms with Crippen molar-refractivity contribution >= 4 is 60.8 Å². The van der Waals surface area contributed by atoms with Crippen LogP contribution in [-0.4, -0.2) is 9.97 Å². The molecule has 8 heteroatoms. The van der Waals surface area contributed by atoms with Crippen molar-refractivity contribution < 1.29 is 22.0 Å². The molecule has 0 amide bonds. The van der Waals surface area contributed by atoms with Gasteiger partial charge in [0, 0.05) is 40.3 Å². The average molecular weight is 724 g/mol. The summed E-state index contributed by atoms with van der Waals surface area (Å²) in [5, 5.41) is 3.10. The highest BCUT2D eigenvalue weighted by atomic mass is 19.4. The van der Waals surface area contributed by atoms with Crippen molar-refractivity contribution in [1.29, 1.82) is 0 Å². The predicted octanol–water partition coefficient (Wildman–Crippen LogP) is 13.8. The Kier molecular flexibility index (Phi) is 7.52. The van der Waals surface area contributed by atoms with Crippen LogP contribution < -0.4 is 4.90 Å². The number of alkyl halides is 3. The average Bonchev–Trinajstić information content (AvgIpc) is 3.85. The SMILES string of the molecule is FC(F)(F)c1cc(-c2ccc3cc(N(c4ccc5nc(-c6ccccc6)oc5c4)c4ccc5nc(-c6ccccc6)oc5c4)ccc3c2)c2ccccc2c1. The lowest BCUT2D eigenvalue weighted by molar-refractivity contribution is -0.137. The number of nitrogens with zero attached hydrogens (tertiary/aromatic N) is 3. The monoisotopic (exact) mass is 723 g/mol. The van der Waals surface area contributed by atoms with E-state index in [1.165, 1.54) is 12.1 Å². The topological polar surface area (TPSA) is 55.3 Å². The van der Waals surface area contributed by atoms with Crippen LogP contribution in [0.1, 0.15) is 5.56 Å². The summed E-state index contributed by atoms with van der Waals surface area (Å²) >= 11 is 0. The van der Waals surface area contributed by atoms with Crippen LogP contribution in [0.3, 0.4) is 0 Å². The first kappa shape index (κ1) is 32.5. The largest absolute Gasteiger partial charge is 0.436 e. The highest BCUT2D eigenvalue weighted by Crippen LogP contribution is 2.42. The van der Waals surface area contributed by atoms with E-state index in [0.717, 1.165) is 55.4 Å². The van der Waals surface area contributed by atoms with Crippen LogP contribution in [0.15, 0.2) is 179 Å². The minimum atomic E-state index is -4.47. The Labute approximate surface area is 312 Å². The first-order valence-corrected chi connectivity index (χ1v) is 17.7. The number of hydrogen-bond acceptors (Lipinski definition) is 5. The summed E-state index contributed by atoms with van der Waals surface area (Å²) < 4.78 is 54.5. The Morgan fingerprint density at radius 1 is 0.436 bits per heavy atom. The van der Waals surface area contributed by atoms with Gasteiger partial charge in [-0.25, -0.2) is 9.97 Å². The van der Waals surface area contributed by atoms with Crippen molar-refractivity contribution in [3.05, 3.63) is 175 Å². The summed E-state index contributed by atoms with van der Waals surface area (Å²) in [5.74, 6) is 1.07. The standard InChI is InChI=1S/C47H28F3N3O2/c48-47(49,50)35-24-33-13-7-8-14-39(33)40(26-35)34-16-15-32-25-36(18-17-31(32)23-34)53(37-19-21-41-43(27-37)54-45(51-41)29-9-3-1-4-10-29)38-20-22-42-44(28-38)55-46(52-42)30-11-5-2-6-12-30/h1-28H. The van der Waals surface area contributed by atoms with Crippen LogP contribution in [0.2, 0.25) is 0 Å². The Morgan fingerprint density at radius 3 is 1.58 bits per heavy atom. The molecule has 8 aromatic carbocycles. The second-order valence-electron chi connectivity index (χ2n) is 13.4. The summed E-state index contributed by atoms with van der Waals surface area (Å²) in [7, 11) is 0. The van der Waals surface area contributed by atoms with Gasteiger partial charge in [-0.2, -0.15) is 13.2 Å². The van der Waals surface area contributed by atoms with Crippen molar-refractivity contribution in [2.75, 3.05) is 4.90 Å². The Hall–Kier alpha value is -7.19. The molecule has 5 nitrogen and oxygen atoms in total. The van der Waals surface area contributed by atoms with E-state index in [-0.39, 0.29) is 0 Å². The third-order valence-electron chi connectivity index (χ3n) is 9.88. The maximum absolute atomic E-state index is 14.0. The van der Waals surface area contributed by atoms with E-state index in [2.05, 4.69) is 11.0 Å². The molecule has 0 atom stereocenters. The molecule has 0 unspecified atom stereocenters. The summed E-state index contributed by atoms with van der Waals surface area (Å²) in [6.07, 6.45) is -4.47. The second-order valence-corrected chi connectivity index (χ2v) is 13.4. The van der Waals surface area contributed by atoms with Crippen LogP contribution in [0.5, 0.6) is 0 Å². The Bertz CT molecular complexity index is 2930. The lowest BCUT2D eigenvalue weighted by Crippen LogP contribution is -2.09. The molecule has 0 aliphatic rings. The third kappa shape index (κ3) is 5.94. The molecule has 55 heavy (non-hydrogen) atoms. The maximum atomic E-state index is 14.0. The fourth-order valence-electron chi connectivity index (χ4n) is 7.21. The van der Waals surface area contributed by atoms with Crippen molar-refractivity contribution in [3.63, 3.8) is 0 Å². The molecule has 0 aliphatic heterocycles. The number of fused-ring (bicyclic) bond motifs is 4. The number of oxazole rings is 2. The van der Waals surface area contributed by atoms with Gasteiger partial charge in [0.15, 0.2) is 11.2 Å². The van der Waals surface area contributed by atoms with Gasteiger partial charge in [-0.15, -0.1) is 0 Å². The van der Waals surface area contributed by atoms with Gasteiger partial charge in [-0.1, -0.05) is 78.9 Å². The van der Waals surface area contributed by atoms with Crippen LogP contribution >= 0.6 is 0 Å². The van der Waals surface area contributed by atoms with Gasteiger partial charge in [0.2, 0.25) is 11.8 Å². The van der Waals surface area contributed by atoms with Crippen LogP contribution in [0.25, 0.3) is 77.8 Å². The molecule has 2 aromatic heterocycles. The molecule has 2 heterocycles. The zero-order valence-corrected chi connectivity index (χ0v) is 29.0. The molecular weight excluding hydrogens is 696 g/mol. The van der Waals surface area contributed by atoms with Gasteiger partial charge in [0.05, 0.1) is 5.56 Å². The van der Waals surface area contributed by atoms with Crippen LogP contribution in [0.4, 0.5) is 30.2 Å². The zero-order chi connectivity index (χ0) is 37.1. The quantitative estimate of drug-likeness (QED) is 0.171. The van der Waals surface area contributed by atoms with E-state index >= 15 is 0 Å². The molecule has 264 valence electrons. The summed E-state index contributed by atoms with van der Waals surface area (Å²) in [5.41, 5.74) is 7.57. The Balaban J connectivity index is 1.10. The van der Waals surface area contributed by atoms with E-state index in [0.29, 0.717) is 39.5 Å². The van der Waals surface area contributed by atoms with Crippen LogP contribution in [0, 0.1) is 0 Å². The maximum Gasteiger partial charge on any atom is 0.416 e. The third-order valence-corrected chi connectivity index (χ3v) is 9.88. The van der Waals surface area contributed by atoms with Gasteiger partial charge in [-0.3, -0.25) is 0 Å². The van der Waals surface area contributed by atoms with Gasteiger partial charge < -0.3 is 13.7 Å². The minimum Gasteiger partial charge on any atom is -0.436 e. The second kappa shape index (κ2) is 12.7. The zero-order valence-electron chi connectivity index (χ0n) is 29.0. The molecule has 0 N–H and O–H groups in total. The van der Waals surface area contributed by atoms with E-state index in [1.807, 2.05) is 140 Å². The fraction of sp³-hybridized carbons (Fsp3) is 0.0213. The number of halogens is 3. The molecule has 0 saturated heterocycles. The van der Waals surface area contributed by atoms with Crippen LogP contribution in [-0.2, 0) is 6.18 Å². The fourth-order valence-corrected chi connectivity index (χ4v) is 7.21. The van der Waals surface area contributed by atoms with Gasteiger partial charge in [0.25, 0.3) is 0 Å². The lowest BCUT2D eigenvalue weighted by Gasteiger charge is -2.25. The van der Waals surface area contributed by atoms with E-state index in [9.17, 15) is 13.2 Å². The van der Waals surface area contributed by atoms with Crippen molar-refractivity contribution in [3.8, 4) is 34.0 Å². The van der Waals surface area contributed by atoms with Gasteiger partial charge in [-0.05, 0) is 112 Å². The van der Waals surface area contributed by atoms with Crippen molar-refractivity contribution in [2.24, 2.45) is 0 Å². The lowest BCUT2D eigenvalue weighted by atomic mass is 9.94. The molecule has 0 fully saturated rings. The first-order chi connectivity index (χ1) is 26.8. The highest BCUT2D eigenvalue weighted by molar-refractivity contribution is 6.00. The number of benzene rings is 8. The number of rotatable bonds is 6. The van der Waals surface area contributed by atoms with Crippen molar-refractivity contribution in [1.82, 2.24) is 9.97 Å². The predicted molar refractivity (Wildman–Crippen MR) is 213 cm³/mol. The molecule has 0 radical (unpaired) electrons.